The summed E-state index contributed by atoms with van der Waals surface area (Å²) in [7, 11) is 0. The Balaban J connectivity index is 1.96. The average Bonchev–Trinajstić information content (AvgIpc) is 2.55. The quantitative estimate of drug-likeness (QED) is 0.720. The summed E-state index contributed by atoms with van der Waals surface area (Å²) in [6.45, 7) is 8.58. The van der Waals surface area contributed by atoms with Gasteiger partial charge in [-0.3, -0.25) is 0 Å². The summed E-state index contributed by atoms with van der Waals surface area (Å²) in [6, 6.07) is 0.596. The smallest absolute Gasteiger partial charge is 0.0661 e. The molecule has 124 valence electrons. The van der Waals surface area contributed by atoms with Crippen LogP contribution in [-0.4, -0.2) is 37.0 Å². The van der Waals surface area contributed by atoms with Crippen LogP contribution in [0.1, 0.15) is 72.1 Å². The van der Waals surface area contributed by atoms with Gasteiger partial charge in [0.15, 0.2) is 0 Å². The van der Waals surface area contributed by atoms with Gasteiger partial charge in [0.1, 0.15) is 0 Å². The topological polar surface area (TPSA) is 41.5 Å². The molecule has 0 amide bonds. The zero-order chi connectivity index (χ0) is 15.3. The van der Waals surface area contributed by atoms with Crippen LogP contribution in [0.3, 0.4) is 0 Å². The van der Waals surface area contributed by atoms with Gasteiger partial charge in [-0.15, -0.1) is 0 Å². The molecule has 3 heteroatoms. The monoisotopic (exact) mass is 297 g/mol. The van der Waals surface area contributed by atoms with E-state index < -0.39 is 0 Å². The van der Waals surface area contributed by atoms with E-state index in [1.54, 1.807) is 0 Å². The highest BCUT2D eigenvalue weighted by atomic mass is 16.5. The van der Waals surface area contributed by atoms with Crippen molar-refractivity contribution in [3.05, 3.63) is 0 Å². The van der Waals surface area contributed by atoms with Crippen molar-refractivity contribution in [1.29, 1.82) is 0 Å². The fourth-order valence-corrected chi connectivity index (χ4v) is 4.47. The lowest BCUT2D eigenvalue weighted by Gasteiger charge is -2.58. The Morgan fingerprint density at radius 3 is 2.33 bits per heavy atom. The molecule has 2 unspecified atom stereocenters. The molecule has 0 heterocycles. The Hall–Kier alpha value is -0.120. The molecule has 2 atom stereocenters. The van der Waals surface area contributed by atoms with Crippen LogP contribution in [0.15, 0.2) is 0 Å². The SMILES string of the molecule is CCOC1CC(NCC(CC)(CC)CO)C12CCCCC2. The maximum absolute atomic E-state index is 9.75. The van der Waals surface area contributed by atoms with Crippen LogP contribution < -0.4 is 5.32 Å². The Morgan fingerprint density at radius 2 is 1.81 bits per heavy atom. The van der Waals surface area contributed by atoms with Crippen LogP contribution in [0.25, 0.3) is 0 Å². The summed E-state index contributed by atoms with van der Waals surface area (Å²) < 4.78 is 6.02. The van der Waals surface area contributed by atoms with E-state index in [9.17, 15) is 5.11 Å². The van der Waals surface area contributed by atoms with Crippen molar-refractivity contribution in [3.63, 3.8) is 0 Å². The Bertz CT molecular complexity index is 300. The van der Waals surface area contributed by atoms with Gasteiger partial charge in [0, 0.05) is 36.6 Å². The standard InChI is InChI=1S/C18H35NO2/c1-4-17(5-2,14-20)13-19-15-12-16(21-6-3)18(15)10-8-7-9-11-18/h15-16,19-20H,4-14H2,1-3H3. The van der Waals surface area contributed by atoms with E-state index in [1.807, 2.05) is 0 Å². The molecule has 2 N–H and O–H groups in total. The van der Waals surface area contributed by atoms with Crippen molar-refractivity contribution >= 4 is 0 Å². The molecule has 1 spiro atoms. The summed E-state index contributed by atoms with van der Waals surface area (Å²) >= 11 is 0. The van der Waals surface area contributed by atoms with Gasteiger partial charge in [-0.25, -0.2) is 0 Å². The maximum atomic E-state index is 9.75. The second-order valence-electron chi connectivity index (χ2n) is 7.27. The number of rotatable bonds is 8. The van der Waals surface area contributed by atoms with Gasteiger partial charge >= 0.3 is 0 Å². The lowest BCUT2D eigenvalue weighted by molar-refractivity contribution is -0.151. The third-order valence-electron chi connectivity index (χ3n) is 6.50. The number of ether oxygens (including phenoxy) is 1. The van der Waals surface area contributed by atoms with Crippen molar-refractivity contribution < 1.29 is 9.84 Å². The zero-order valence-electron chi connectivity index (χ0n) is 14.3. The molecule has 0 saturated heterocycles. The first-order valence-electron chi connectivity index (χ1n) is 9.12. The van der Waals surface area contributed by atoms with Crippen LogP contribution >= 0.6 is 0 Å². The summed E-state index contributed by atoms with van der Waals surface area (Å²) in [5.41, 5.74) is 0.448. The van der Waals surface area contributed by atoms with E-state index in [1.165, 1.54) is 32.1 Å². The predicted octanol–water partition coefficient (Wildman–Crippen LogP) is 3.50. The molecule has 21 heavy (non-hydrogen) atoms. The lowest BCUT2D eigenvalue weighted by atomic mass is 9.55. The highest BCUT2D eigenvalue weighted by Crippen LogP contribution is 2.53. The predicted molar refractivity (Wildman–Crippen MR) is 87.4 cm³/mol. The van der Waals surface area contributed by atoms with Crippen LogP contribution in [0.2, 0.25) is 0 Å². The minimum atomic E-state index is 0.0621. The Morgan fingerprint density at radius 1 is 1.14 bits per heavy atom. The molecular formula is C18H35NO2. The Labute approximate surface area is 130 Å². The van der Waals surface area contributed by atoms with Gasteiger partial charge in [-0.05, 0) is 39.0 Å². The van der Waals surface area contributed by atoms with Crippen molar-refractivity contribution in [2.75, 3.05) is 19.8 Å². The summed E-state index contributed by atoms with van der Waals surface area (Å²) in [5.74, 6) is 0. The fraction of sp³-hybridized carbons (Fsp3) is 1.00. The van der Waals surface area contributed by atoms with Crippen LogP contribution in [-0.2, 0) is 4.74 Å². The van der Waals surface area contributed by atoms with Gasteiger partial charge in [0.25, 0.3) is 0 Å². The second-order valence-corrected chi connectivity index (χ2v) is 7.27. The highest BCUT2D eigenvalue weighted by Gasteiger charge is 2.55. The van der Waals surface area contributed by atoms with E-state index in [0.29, 0.717) is 24.2 Å². The van der Waals surface area contributed by atoms with Crippen molar-refractivity contribution in [2.24, 2.45) is 10.8 Å². The molecule has 0 aromatic carbocycles. The molecule has 0 aromatic heterocycles. The van der Waals surface area contributed by atoms with E-state index in [-0.39, 0.29) is 5.41 Å². The maximum Gasteiger partial charge on any atom is 0.0661 e. The fourth-order valence-electron chi connectivity index (χ4n) is 4.47. The first-order valence-corrected chi connectivity index (χ1v) is 9.12. The zero-order valence-corrected chi connectivity index (χ0v) is 14.3. The van der Waals surface area contributed by atoms with Gasteiger partial charge in [-0.2, -0.15) is 0 Å². The molecule has 2 aliphatic rings. The minimum Gasteiger partial charge on any atom is -0.396 e. The summed E-state index contributed by atoms with van der Waals surface area (Å²) in [4.78, 5) is 0. The van der Waals surface area contributed by atoms with Crippen LogP contribution in [0.4, 0.5) is 0 Å². The third kappa shape index (κ3) is 3.30. The van der Waals surface area contributed by atoms with Gasteiger partial charge in [0.2, 0.25) is 0 Å². The van der Waals surface area contributed by atoms with Crippen LogP contribution in [0.5, 0.6) is 0 Å². The van der Waals surface area contributed by atoms with E-state index in [0.717, 1.165) is 32.4 Å². The summed E-state index contributed by atoms with van der Waals surface area (Å²) in [5, 5.41) is 13.6. The molecule has 0 aliphatic heterocycles. The number of aliphatic hydroxyl groups is 1. The number of hydrogen-bond donors (Lipinski definition) is 2. The van der Waals surface area contributed by atoms with Crippen molar-refractivity contribution in [2.45, 2.75) is 84.3 Å². The molecule has 0 aromatic rings. The molecule has 3 nitrogen and oxygen atoms in total. The largest absolute Gasteiger partial charge is 0.396 e. The highest BCUT2D eigenvalue weighted by molar-refractivity contribution is 5.09. The first-order chi connectivity index (χ1) is 10.2. The normalized spacial score (nSPS) is 28.6. The van der Waals surface area contributed by atoms with E-state index in [2.05, 4.69) is 26.1 Å². The number of nitrogens with one attached hydrogen (secondary N) is 1. The Kier molecular flexibility index (Phi) is 6.10. The molecule has 2 aliphatic carbocycles. The number of hydrogen-bond acceptors (Lipinski definition) is 3. The average molecular weight is 297 g/mol. The number of aliphatic hydroxyl groups excluding tert-OH is 1. The van der Waals surface area contributed by atoms with Gasteiger partial charge in [0.05, 0.1) is 6.10 Å². The summed E-state index contributed by atoms with van der Waals surface area (Å²) in [6.07, 6.45) is 10.4. The second kappa shape index (κ2) is 7.43. The minimum absolute atomic E-state index is 0.0621. The molecule has 2 fully saturated rings. The van der Waals surface area contributed by atoms with Gasteiger partial charge in [-0.1, -0.05) is 33.1 Å². The molecule has 2 rings (SSSR count). The van der Waals surface area contributed by atoms with Crippen LogP contribution in [0, 0.1) is 10.8 Å². The molecule has 2 saturated carbocycles. The van der Waals surface area contributed by atoms with E-state index >= 15 is 0 Å². The lowest BCUT2D eigenvalue weighted by Crippen LogP contribution is -2.65. The first kappa shape index (κ1) is 17.2. The molecular weight excluding hydrogens is 262 g/mol. The molecule has 0 bridgehead atoms. The van der Waals surface area contributed by atoms with Gasteiger partial charge < -0.3 is 15.2 Å². The van der Waals surface area contributed by atoms with E-state index in [4.69, 9.17) is 4.74 Å². The van der Waals surface area contributed by atoms with Crippen molar-refractivity contribution in [1.82, 2.24) is 5.32 Å². The van der Waals surface area contributed by atoms with Crippen molar-refractivity contribution in [3.8, 4) is 0 Å². The third-order valence-corrected chi connectivity index (χ3v) is 6.50. The molecule has 0 radical (unpaired) electrons.